The number of aromatic hydroxyl groups is 1. The summed E-state index contributed by atoms with van der Waals surface area (Å²) in [4.78, 5) is 14.7. The van der Waals surface area contributed by atoms with Crippen LogP contribution in [0.1, 0.15) is 34.9 Å². The zero-order valence-corrected chi connectivity index (χ0v) is 13.6. The smallest absolute Gasteiger partial charge is 0.258 e. The van der Waals surface area contributed by atoms with Crippen LogP contribution in [0, 0.1) is 0 Å². The number of phenolic OH excluding ortho intramolecular Hbond substituents is 1. The van der Waals surface area contributed by atoms with Crippen molar-refractivity contribution in [1.82, 2.24) is 4.90 Å². The number of amides is 1. The monoisotopic (exact) mass is 348 g/mol. The standard InChI is InChI=1S/C17H14Cl2N2O2/c18-9-7-12(15(22)13(19)8-9)16-20-14-4-2-1-3-11(14)17(23)21(16)10-5-6-10/h1-4,7-8,10,16,20,22H,5-6H2. The maximum absolute atomic E-state index is 12.9. The van der Waals surface area contributed by atoms with Gasteiger partial charge in [0.25, 0.3) is 5.91 Å². The topological polar surface area (TPSA) is 52.6 Å². The maximum atomic E-state index is 12.9. The Balaban J connectivity index is 1.86. The van der Waals surface area contributed by atoms with Gasteiger partial charge in [-0.1, -0.05) is 35.3 Å². The van der Waals surface area contributed by atoms with Crippen LogP contribution >= 0.6 is 23.2 Å². The predicted molar refractivity (Wildman–Crippen MR) is 90.1 cm³/mol. The quantitative estimate of drug-likeness (QED) is 0.843. The van der Waals surface area contributed by atoms with Crippen molar-refractivity contribution >= 4 is 34.8 Å². The van der Waals surface area contributed by atoms with Crippen LogP contribution in [-0.2, 0) is 0 Å². The van der Waals surface area contributed by atoms with Crippen molar-refractivity contribution < 1.29 is 9.90 Å². The van der Waals surface area contributed by atoms with Crippen LogP contribution in [-0.4, -0.2) is 22.0 Å². The molecule has 1 fully saturated rings. The lowest BCUT2D eigenvalue weighted by molar-refractivity contribution is 0.0664. The third-order valence-electron chi connectivity index (χ3n) is 4.25. The molecule has 23 heavy (non-hydrogen) atoms. The predicted octanol–water partition coefficient (Wildman–Crippen LogP) is 4.43. The van der Waals surface area contributed by atoms with Gasteiger partial charge in [-0.3, -0.25) is 4.79 Å². The van der Waals surface area contributed by atoms with E-state index >= 15 is 0 Å². The largest absolute Gasteiger partial charge is 0.506 e. The zero-order chi connectivity index (χ0) is 16.1. The van der Waals surface area contributed by atoms with Crippen molar-refractivity contribution in [3.05, 3.63) is 57.6 Å². The third-order valence-corrected chi connectivity index (χ3v) is 4.76. The average molecular weight is 349 g/mol. The van der Waals surface area contributed by atoms with Crippen LogP contribution in [0.2, 0.25) is 10.0 Å². The van der Waals surface area contributed by atoms with Crippen molar-refractivity contribution in [2.75, 3.05) is 5.32 Å². The van der Waals surface area contributed by atoms with E-state index in [0.717, 1.165) is 18.5 Å². The Hall–Kier alpha value is -1.91. The van der Waals surface area contributed by atoms with Gasteiger partial charge in [-0.05, 0) is 37.1 Å². The molecule has 2 N–H and O–H groups in total. The van der Waals surface area contributed by atoms with Gasteiger partial charge < -0.3 is 15.3 Å². The number of rotatable bonds is 2. The molecule has 1 heterocycles. The molecule has 0 aromatic heterocycles. The van der Waals surface area contributed by atoms with Gasteiger partial charge in [-0.2, -0.15) is 0 Å². The highest BCUT2D eigenvalue weighted by atomic mass is 35.5. The summed E-state index contributed by atoms with van der Waals surface area (Å²) >= 11 is 12.1. The Morgan fingerprint density at radius 2 is 1.91 bits per heavy atom. The summed E-state index contributed by atoms with van der Waals surface area (Å²) in [7, 11) is 0. The van der Waals surface area contributed by atoms with Crippen LogP contribution in [0.15, 0.2) is 36.4 Å². The van der Waals surface area contributed by atoms with Crippen LogP contribution in [0.3, 0.4) is 0 Å². The summed E-state index contributed by atoms with van der Waals surface area (Å²) < 4.78 is 0. The molecular weight excluding hydrogens is 335 g/mol. The first kappa shape index (κ1) is 14.7. The van der Waals surface area contributed by atoms with Gasteiger partial charge >= 0.3 is 0 Å². The molecule has 2 aromatic rings. The third kappa shape index (κ3) is 2.42. The second kappa shape index (κ2) is 5.32. The van der Waals surface area contributed by atoms with Gasteiger partial charge in [0.15, 0.2) is 0 Å². The first-order valence-electron chi connectivity index (χ1n) is 7.42. The lowest BCUT2D eigenvalue weighted by atomic mass is 10.0. The van der Waals surface area contributed by atoms with Crippen molar-refractivity contribution in [3.8, 4) is 5.75 Å². The number of carbonyl (C=O) groups is 1. The average Bonchev–Trinajstić information content (AvgIpc) is 3.35. The van der Waals surface area contributed by atoms with E-state index in [0.29, 0.717) is 16.1 Å². The number of hydrogen-bond donors (Lipinski definition) is 2. The lowest BCUT2D eigenvalue weighted by Gasteiger charge is -2.38. The summed E-state index contributed by atoms with van der Waals surface area (Å²) in [5.41, 5.74) is 1.90. The number of fused-ring (bicyclic) bond motifs is 1. The van der Waals surface area contributed by atoms with E-state index in [2.05, 4.69) is 5.32 Å². The molecule has 4 nitrogen and oxygen atoms in total. The first-order chi connectivity index (χ1) is 11.1. The molecule has 118 valence electrons. The van der Waals surface area contributed by atoms with Crippen molar-refractivity contribution in [1.29, 1.82) is 0 Å². The molecule has 0 spiro atoms. The van der Waals surface area contributed by atoms with Crippen LogP contribution in [0.5, 0.6) is 5.75 Å². The molecule has 4 rings (SSSR count). The van der Waals surface area contributed by atoms with Crippen LogP contribution in [0.4, 0.5) is 5.69 Å². The zero-order valence-electron chi connectivity index (χ0n) is 12.1. The van der Waals surface area contributed by atoms with Gasteiger partial charge in [-0.15, -0.1) is 0 Å². The highest BCUT2D eigenvalue weighted by Crippen LogP contribution is 2.44. The highest BCUT2D eigenvalue weighted by Gasteiger charge is 2.43. The molecule has 1 unspecified atom stereocenters. The fourth-order valence-electron chi connectivity index (χ4n) is 3.02. The molecule has 2 aliphatic rings. The number of carbonyl (C=O) groups excluding carboxylic acids is 1. The van der Waals surface area contributed by atoms with E-state index in [1.165, 1.54) is 6.07 Å². The summed E-state index contributed by atoms with van der Waals surface area (Å²) in [6.07, 6.45) is 1.43. The summed E-state index contributed by atoms with van der Waals surface area (Å²) in [6.45, 7) is 0. The number of hydrogen-bond acceptors (Lipinski definition) is 3. The maximum Gasteiger partial charge on any atom is 0.258 e. The molecule has 1 atom stereocenters. The Morgan fingerprint density at radius 1 is 1.17 bits per heavy atom. The molecule has 0 bridgehead atoms. The molecule has 1 aliphatic heterocycles. The van der Waals surface area contributed by atoms with E-state index < -0.39 is 6.17 Å². The SMILES string of the molecule is O=C1c2ccccc2NC(c2cc(Cl)cc(Cl)c2O)N1C1CC1. The first-order valence-corrected chi connectivity index (χ1v) is 8.18. The Morgan fingerprint density at radius 3 is 2.65 bits per heavy atom. The fourth-order valence-corrected chi connectivity index (χ4v) is 3.53. The summed E-state index contributed by atoms with van der Waals surface area (Å²) in [5, 5.41) is 14.3. The second-order valence-corrected chi connectivity index (χ2v) is 6.71. The molecule has 0 radical (unpaired) electrons. The Labute approximate surface area is 143 Å². The minimum absolute atomic E-state index is 0.0395. The Kier molecular flexibility index (Phi) is 3.39. The van der Waals surface area contributed by atoms with Crippen molar-refractivity contribution in [3.63, 3.8) is 0 Å². The normalized spacial score (nSPS) is 20.2. The number of para-hydroxylation sites is 1. The molecular formula is C17H14Cl2N2O2. The molecule has 6 heteroatoms. The Bertz CT molecular complexity index is 805. The second-order valence-electron chi connectivity index (χ2n) is 5.86. The number of anilines is 1. The van der Waals surface area contributed by atoms with E-state index in [9.17, 15) is 9.90 Å². The fraction of sp³-hybridized carbons (Fsp3) is 0.235. The minimum Gasteiger partial charge on any atom is -0.506 e. The molecule has 0 saturated heterocycles. The number of phenols is 1. The number of nitrogens with zero attached hydrogens (tertiary/aromatic N) is 1. The number of benzene rings is 2. The van der Waals surface area contributed by atoms with E-state index in [1.807, 2.05) is 18.2 Å². The molecule has 2 aromatic carbocycles. The summed E-state index contributed by atoms with van der Waals surface area (Å²) in [5.74, 6) is -0.0891. The highest BCUT2D eigenvalue weighted by molar-refractivity contribution is 6.35. The number of nitrogens with one attached hydrogen (secondary N) is 1. The van der Waals surface area contributed by atoms with Crippen LogP contribution < -0.4 is 5.32 Å². The molecule has 1 saturated carbocycles. The van der Waals surface area contributed by atoms with Gasteiger partial charge in [0.1, 0.15) is 11.9 Å². The van der Waals surface area contributed by atoms with Gasteiger partial charge in [-0.25, -0.2) is 0 Å². The van der Waals surface area contributed by atoms with Crippen LogP contribution in [0.25, 0.3) is 0 Å². The van der Waals surface area contributed by atoms with Crippen molar-refractivity contribution in [2.24, 2.45) is 0 Å². The minimum atomic E-state index is -0.485. The summed E-state index contributed by atoms with van der Waals surface area (Å²) in [6, 6.07) is 10.7. The molecule has 1 amide bonds. The van der Waals surface area contributed by atoms with E-state index in [-0.39, 0.29) is 22.7 Å². The van der Waals surface area contributed by atoms with Crippen molar-refractivity contribution in [2.45, 2.75) is 25.0 Å². The number of halogens is 2. The van der Waals surface area contributed by atoms with Gasteiger partial charge in [0.05, 0.1) is 10.6 Å². The van der Waals surface area contributed by atoms with Gasteiger partial charge in [0, 0.05) is 22.3 Å². The molecule has 1 aliphatic carbocycles. The van der Waals surface area contributed by atoms with E-state index in [4.69, 9.17) is 23.2 Å². The van der Waals surface area contributed by atoms with E-state index in [1.54, 1.807) is 17.0 Å². The van der Waals surface area contributed by atoms with Gasteiger partial charge in [0.2, 0.25) is 0 Å². The lowest BCUT2D eigenvalue weighted by Crippen LogP contribution is -2.44.